The largest absolute Gasteiger partial charge is 0.478 e. The highest BCUT2D eigenvalue weighted by molar-refractivity contribution is 5.95. The van der Waals surface area contributed by atoms with Crippen LogP contribution in [-0.4, -0.2) is 34.8 Å². The van der Waals surface area contributed by atoms with Crippen molar-refractivity contribution in [3.8, 4) is 0 Å². The number of pyridine rings is 1. The molecule has 3 aromatic rings. The molecule has 0 saturated heterocycles. The average molecular weight is 545 g/mol. The maximum Gasteiger partial charge on any atom is 0.335 e. The van der Waals surface area contributed by atoms with Crippen molar-refractivity contribution in [3.63, 3.8) is 0 Å². The molecule has 208 valence electrons. The first-order chi connectivity index (χ1) is 18.9. The molecule has 0 unspecified atom stereocenters. The summed E-state index contributed by atoms with van der Waals surface area (Å²) in [6.07, 6.45) is 3.49. The van der Waals surface area contributed by atoms with Crippen LogP contribution in [0, 0.1) is 13.8 Å². The van der Waals surface area contributed by atoms with E-state index in [1.165, 1.54) is 41.7 Å². The van der Waals surface area contributed by atoms with Gasteiger partial charge in [-0.15, -0.1) is 0 Å². The van der Waals surface area contributed by atoms with Gasteiger partial charge in [-0.3, -0.25) is 19.6 Å². The number of carbonyl (C=O) groups is 3. The highest BCUT2D eigenvalue weighted by atomic mass is 16.4. The Kier molecular flexibility index (Phi) is 9.22. The van der Waals surface area contributed by atoms with Gasteiger partial charge in [0.15, 0.2) is 0 Å². The fraction of sp³-hybridized carbons (Fsp3) is 0.143. The highest BCUT2D eigenvalue weighted by Crippen LogP contribution is 2.22. The lowest BCUT2D eigenvalue weighted by Gasteiger charge is -2.18. The monoisotopic (exact) mass is 544 g/mol. The number of carbonyl (C=O) groups excluding carboxylic acids is 2. The summed E-state index contributed by atoms with van der Waals surface area (Å²) >= 11 is 0. The first kappa shape index (κ1) is 29.4. The van der Waals surface area contributed by atoms with Crippen LogP contribution in [0.4, 0.5) is 11.4 Å². The van der Waals surface area contributed by atoms with E-state index in [1.807, 2.05) is 6.92 Å². The van der Waals surface area contributed by atoms with E-state index >= 15 is 0 Å². The number of amides is 1. The Morgan fingerprint density at radius 1 is 0.850 bits per heavy atom. The number of aromatic carboxylic acids is 1. The summed E-state index contributed by atoms with van der Waals surface area (Å²) < 4.78 is 0. The van der Waals surface area contributed by atoms with Crippen LogP contribution < -0.4 is 38.5 Å². The number of benzene rings is 2. The third-order valence-electron chi connectivity index (χ3n) is 5.70. The van der Waals surface area contributed by atoms with Crippen LogP contribution in [0.5, 0.6) is 0 Å². The van der Waals surface area contributed by atoms with E-state index < -0.39 is 5.97 Å². The minimum atomic E-state index is -1.10. The van der Waals surface area contributed by atoms with Crippen LogP contribution in [0.25, 0.3) is 11.4 Å². The molecule has 0 radical (unpaired) electrons. The van der Waals surface area contributed by atoms with E-state index in [-0.39, 0.29) is 39.8 Å². The number of hydrogen-bond acceptors (Lipinski definition) is 10. The van der Waals surface area contributed by atoms with Crippen molar-refractivity contribution in [2.45, 2.75) is 20.8 Å². The van der Waals surface area contributed by atoms with Crippen LogP contribution in [0.1, 0.15) is 60.5 Å². The third kappa shape index (κ3) is 7.22. The molecule has 12 heteroatoms. The first-order valence-corrected chi connectivity index (χ1v) is 12.2. The normalized spacial score (nSPS) is 11.6. The average Bonchev–Trinajstić information content (AvgIpc) is 2.91. The van der Waals surface area contributed by atoms with Crippen molar-refractivity contribution in [1.29, 1.82) is 0 Å². The zero-order chi connectivity index (χ0) is 29.6. The van der Waals surface area contributed by atoms with Gasteiger partial charge in [-0.05, 0) is 80.4 Å². The zero-order valence-corrected chi connectivity index (χ0v) is 22.4. The second-order valence-corrected chi connectivity index (χ2v) is 9.05. The van der Waals surface area contributed by atoms with Gasteiger partial charge in [0.2, 0.25) is 0 Å². The molecular formula is C28H32N8O4. The van der Waals surface area contributed by atoms with Crippen molar-refractivity contribution < 1.29 is 19.5 Å². The summed E-state index contributed by atoms with van der Waals surface area (Å²) in [7, 11) is 0. The summed E-state index contributed by atoms with van der Waals surface area (Å²) in [4.78, 5) is 39.9. The summed E-state index contributed by atoms with van der Waals surface area (Å²) in [5, 5.41) is 14.5. The number of carboxylic acid groups (broad SMARTS) is 1. The van der Waals surface area contributed by atoms with Crippen molar-refractivity contribution in [2.75, 3.05) is 16.6 Å². The molecule has 0 atom stereocenters. The molecule has 1 aromatic heterocycles. The van der Waals surface area contributed by atoms with Gasteiger partial charge < -0.3 is 21.9 Å². The van der Waals surface area contributed by atoms with Gasteiger partial charge in [0.1, 0.15) is 6.29 Å². The topological polar surface area (TPSA) is 207 Å². The first-order valence-electron chi connectivity index (χ1n) is 12.2. The predicted molar refractivity (Wildman–Crippen MR) is 155 cm³/mol. The smallest absolute Gasteiger partial charge is 0.335 e. The molecule has 12 nitrogen and oxygen atoms in total. The van der Waals surface area contributed by atoms with E-state index in [0.717, 1.165) is 16.9 Å². The summed E-state index contributed by atoms with van der Waals surface area (Å²) in [5.41, 5.74) is 16.4. The molecule has 2 aromatic carbocycles. The number of nitrogens with two attached hydrogens (primary N) is 4. The Morgan fingerprint density at radius 2 is 1.38 bits per heavy atom. The SMILES string of the molecule is CCNC(=O)c1cc(/C(N)=C/N(N)c2cc(C)cc(C=O)c2)nc(/C(N)=C/N(N)c2cc(C)cc(C(=O)O)c2)c1. The van der Waals surface area contributed by atoms with Crippen molar-refractivity contribution in [2.24, 2.45) is 23.2 Å². The quantitative estimate of drug-likeness (QED) is 0.124. The maximum atomic E-state index is 12.7. The molecule has 0 fully saturated rings. The number of anilines is 2. The van der Waals surface area contributed by atoms with Gasteiger partial charge in [0.05, 0.1) is 39.7 Å². The van der Waals surface area contributed by atoms with E-state index in [0.29, 0.717) is 29.0 Å². The fourth-order valence-electron chi connectivity index (χ4n) is 3.85. The maximum absolute atomic E-state index is 12.7. The van der Waals surface area contributed by atoms with E-state index in [4.69, 9.17) is 23.2 Å². The van der Waals surface area contributed by atoms with Gasteiger partial charge in [0.25, 0.3) is 5.91 Å². The van der Waals surface area contributed by atoms with Crippen LogP contribution in [0.15, 0.2) is 60.9 Å². The minimum absolute atomic E-state index is 0.0641. The zero-order valence-electron chi connectivity index (χ0n) is 22.4. The number of carboxylic acids is 1. The fourth-order valence-corrected chi connectivity index (χ4v) is 3.85. The molecular weight excluding hydrogens is 512 g/mol. The van der Waals surface area contributed by atoms with Gasteiger partial charge in [-0.2, -0.15) is 0 Å². The van der Waals surface area contributed by atoms with E-state index in [2.05, 4.69) is 10.3 Å². The Balaban J connectivity index is 2.04. The molecule has 1 amide bonds. The number of rotatable bonds is 10. The summed E-state index contributed by atoms with van der Waals surface area (Å²) in [5.74, 6) is 10.9. The molecule has 3 rings (SSSR count). The van der Waals surface area contributed by atoms with Crippen LogP contribution in [0.3, 0.4) is 0 Å². The Bertz CT molecular complexity index is 1520. The Labute approximate surface area is 231 Å². The van der Waals surface area contributed by atoms with Crippen molar-refractivity contribution >= 4 is 40.9 Å². The second kappa shape index (κ2) is 12.6. The lowest BCUT2D eigenvalue weighted by atomic mass is 10.1. The summed E-state index contributed by atoms with van der Waals surface area (Å²) in [6.45, 7) is 5.75. The lowest BCUT2D eigenvalue weighted by Crippen LogP contribution is -2.27. The number of nitrogens with zero attached hydrogens (tertiary/aromatic N) is 3. The molecule has 1 heterocycles. The molecule has 0 bridgehead atoms. The van der Waals surface area contributed by atoms with E-state index in [1.54, 1.807) is 38.1 Å². The number of hydrazine groups is 2. The minimum Gasteiger partial charge on any atom is -0.478 e. The van der Waals surface area contributed by atoms with E-state index in [9.17, 15) is 19.5 Å². The Morgan fingerprint density at radius 3 is 1.88 bits per heavy atom. The van der Waals surface area contributed by atoms with Crippen LogP contribution in [0.2, 0.25) is 0 Å². The Hall–Kier alpha value is -5.20. The predicted octanol–water partition coefficient (Wildman–Crippen LogP) is 2.23. The highest BCUT2D eigenvalue weighted by Gasteiger charge is 2.15. The second-order valence-electron chi connectivity index (χ2n) is 9.05. The lowest BCUT2D eigenvalue weighted by molar-refractivity contribution is 0.0696. The van der Waals surface area contributed by atoms with Crippen LogP contribution >= 0.6 is 0 Å². The van der Waals surface area contributed by atoms with Gasteiger partial charge in [-0.25, -0.2) is 21.5 Å². The van der Waals surface area contributed by atoms with Gasteiger partial charge >= 0.3 is 5.97 Å². The number of aromatic nitrogens is 1. The van der Waals surface area contributed by atoms with Crippen molar-refractivity contribution in [3.05, 3.63) is 100 Å². The summed E-state index contributed by atoms with van der Waals surface area (Å²) in [6, 6.07) is 12.7. The van der Waals surface area contributed by atoms with Gasteiger partial charge in [-0.1, -0.05) is 0 Å². The van der Waals surface area contributed by atoms with Crippen LogP contribution in [-0.2, 0) is 0 Å². The number of nitrogens with one attached hydrogen (secondary N) is 1. The molecule has 0 saturated carbocycles. The standard InChI is InChI=1S/C28H32N8O4/c1-4-33-27(38)19-11-25(23(29)13-35(31)21-7-16(2)5-18(9-21)15-37)34-26(12-19)24(30)14-36(32)22-8-17(3)6-20(10-22)28(39)40/h5-15H,4,29-32H2,1-3H3,(H,33,38)(H,39,40)/b23-13-,24-14-. The number of hydrogen-bond donors (Lipinski definition) is 6. The molecule has 0 aliphatic rings. The number of aldehydes is 1. The molecule has 0 spiro atoms. The van der Waals surface area contributed by atoms with Crippen molar-refractivity contribution in [1.82, 2.24) is 10.3 Å². The van der Waals surface area contributed by atoms with Gasteiger partial charge in [0, 0.05) is 30.1 Å². The molecule has 40 heavy (non-hydrogen) atoms. The molecule has 0 aliphatic heterocycles. The molecule has 10 N–H and O–H groups in total. The number of aryl methyl sites for hydroxylation is 2. The third-order valence-corrected chi connectivity index (χ3v) is 5.70. The molecule has 0 aliphatic carbocycles.